The van der Waals surface area contributed by atoms with Gasteiger partial charge in [0.05, 0.1) is 0 Å². The molecule has 0 saturated carbocycles. The molecule has 0 bridgehead atoms. The first-order valence-corrected chi connectivity index (χ1v) is 5.63. The van der Waals surface area contributed by atoms with Crippen molar-refractivity contribution in [1.82, 2.24) is 9.55 Å². The van der Waals surface area contributed by atoms with E-state index in [0.717, 1.165) is 5.75 Å². The molecule has 0 aliphatic heterocycles. The SMILES string of the molecule is O=C(CCSP)n1ccnc1. The predicted octanol–water partition coefficient (Wildman–Crippen LogP) is 1.44. The van der Waals surface area contributed by atoms with E-state index in [1.165, 1.54) is 10.9 Å². The van der Waals surface area contributed by atoms with Gasteiger partial charge in [0.15, 0.2) is 0 Å². The van der Waals surface area contributed by atoms with Crippen molar-refractivity contribution in [1.29, 1.82) is 0 Å². The smallest absolute Gasteiger partial charge is 0.232 e. The Morgan fingerprint density at radius 1 is 1.73 bits per heavy atom. The van der Waals surface area contributed by atoms with E-state index in [1.807, 2.05) is 0 Å². The van der Waals surface area contributed by atoms with Crippen LogP contribution in [-0.2, 0) is 0 Å². The Balaban J connectivity index is 2.43. The third-order valence-electron chi connectivity index (χ3n) is 1.23. The highest BCUT2D eigenvalue weighted by molar-refractivity contribution is 8.43. The molecular formula is C6H9N2OPS. The van der Waals surface area contributed by atoms with E-state index in [0.29, 0.717) is 6.42 Å². The lowest BCUT2D eigenvalue weighted by Crippen LogP contribution is -2.08. The number of carbonyl (C=O) groups is 1. The van der Waals surface area contributed by atoms with E-state index in [-0.39, 0.29) is 5.91 Å². The molecule has 3 nitrogen and oxygen atoms in total. The molecule has 1 heterocycles. The van der Waals surface area contributed by atoms with Crippen LogP contribution in [0.2, 0.25) is 0 Å². The fourth-order valence-electron chi connectivity index (χ4n) is 0.682. The summed E-state index contributed by atoms with van der Waals surface area (Å²) in [5.74, 6) is 0.930. The van der Waals surface area contributed by atoms with Crippen molar-refractivity contribution in [3.05, 3.63) is 18.7 Å². The summed E-state index contributed by atoms with van der Waals surface area (Å²) in [6, 6.07) is 0. The van der Waals surface area contributed by atoms with Crippen LogP contribution < -0.4 is 0 Å². The summed E-state index contributed by atoms with van der Waals surface area (Å²) >= 11 is 1.59. The lowest BCUT2D eigenvalue weighted by atomic mass is 10.4. The fraction of sp³-hybridized carbons (Fsp3) is 0.333. The molecule has 0 radical (unpaired) electrons. The Kier molecular flexibility index (Phi) is 3.60. The second-order valence-corrected chi connectivity index (χ2v) is 3.73. The lowest BCUT2D eigenvalue weighted by Gasteiger charge is -1.97. The van der Waals surface area contributed by atoms with E-state index < -0.39 is 0 Å². The molecule has 60 valence electrons. The molecule has 0 fully saturated rings. The fourth-order valence-corrected chi connectivity index (χ4v) is 1.33. The molecule has 0 N–H and O–H groups in total. The first-order valence-electron chi connectivity index (χ1n) is 3.17. The quantitative estimate of drug-likeness (QED) is 0.673. The van der Waals surface area contributed by atoms with Crippen LogP contribution in [0.25, 0.3) is 0 Å². The zero-order valence-corrected chi connectivity index (χ0v) is 7.91. The second-order valence-electron chi connectivity index (χ2n) is 1.98. The van der Waals surface area contributed by atoms with Crippen LogP contribution in [0.1, 0.15) is 11.2 Å². The van der Waals surface area contributed by atoms with Gasteiger partial charge in [-0.15, -0.1) is 11.4 Å². The first-order chi connectivity index (χ1) is 5.34. The number of nitrogens with zero attached hydrogens (tertiary/aromatic N) is 2. The maximum absolute atomic E-state index is 11.2. The van der Waals surface area contributed by atoms with E-state index in [1.54, 1.807) is 23.8 Å². The summed E-state index contributed by atoms with van der Waals surface area (Å²) in [6.07, 6.45) is 5.35. The van der Waals surface area contributed by atoms with Crippen molar-refractivity contribution in [2.75, 3.05) is 5.75 Å². The molecule has 0 aliphatic rings. The van der Waals surface area contributed by atoms with Crippen LogP contribution in [-0.4, -0.2) is 21.2 Å². The van der Waals surface area contributed by atoms with Gasteiger partial charge in [0.2, 0.25) is 5.91 Å². The highest BCUT2D eigenvalue weighted by Gasteiger charge is 2.01. The van der Waals surface area contributed by atoms with Crippen molar-refractivity contribution >= 4 is 25.7 Å². The summed E-state index contributed by atoms with van der Waals surface area (Å²) in [4.78, 5) is 14.9. The summed E-state index contributed by atoms with van der Waals surface area (Å²) in [6.45, 7) is 0. The molecule has 0 aliphatic carbocycles. The molecule has 11 heavy (non-hydrogen) atoms. The van der Waals surface area contributed by atoms with Crippen LogP contribution in [0.3, 0.4) is 0 Å². The minimum absolute atomic E-state index is 0.0949. The maximum atomic E-state index is 11.2. The molecule has 0 spiro atoms. The van der Waals surface area contributed by atoms with Crippen LogP contribution in [0.15, 0.2) is 18.7 Å². The maximum Gasteiger partial charge on any atom is 0.232 e. The number of hydrogen-bond acceptors (Lipinski definition) is 3. The molecule has 5 heteroatoms. The second kappa shape index (κ2) is 4.52. The van der Waals surface area contributed by atoms with E-state index in [4.69, 9.17) is 0 Å². The van der Waals surface area contributed by atoms with Crippen LogP contribution in [0.4, 0.5) is 0 Å². The molecule has 0 amide bonds. The average molecular weight is 188 g/mol. The number of aromatic nitrogens is 2. The normalized spacial score (nSPS) is 9.91. The Bertz CT molecular complexity index is 224. The van der Waals surface area contributed by atoms with Gasteiger partial charge >= 0.3 is 0 Å². The Labute approximate surface area is 71.5 Å². The largest absolute Gasteiger partial charge is 0.276 e. The van der Waals surface area contributed by atoms with Crippen molar-refractivity contribution in [3.63, 3.8) is 0 Å². The van der Waals surface area contributed by atoms with Crippen LogP contribution in [0, 0.1) is 0 Å². The number of carbonyl (C=O) groups excluding carboxylic acids is 1. The van der Waals surface area contributed by atoms with Gasteiger partial charge in [0.25, 0.3) is 0 Å². The highest BCUT2D eigenvalue weighted by atomic mass is 32.7. The number of hydrogen-bond donors (Lipinski definition) is 0. The molecular weight excluding hydrogens is 179 g/mol. The van der Waals surface area contributed by atoms with Gasteiger partial charge in [-0.05, 0) is 0 Å². The van der Waals surface area contributed by atoms with Crippen LogP contribution >= 0.6 is 19.8 Å². The van der Waals surface area contributed by atoms with Gasteiger partial charge in [0.1, 0.15) is 6.33 Å². The monoisotopic (exact) mass is 188 g/mol. The molecule has 1 rings (SSSR count). The Hall–Kier alpha value is -0.340. The van der Waals surface area contributed by atoms with Crippen molar-refractivity contribution in [2.45, 2.75) is 6.42 Å². The van der Waals surface area contributed by atoms with Crippen molar-refractivity contribution < 1.29 is 4.79 Å². The van der Waals surface area contributed by atoms with Gasteiger partial charge in [-0.2, -0.15) is 0 Å². The van der Waals surface area contributed by atoms with Gasteiger partial charge < -0.3 is 0 Å². The molecule has 1 aromatic rings. The first kappa shape index (κ1) is 8.75. The standard InChI is InChI=1S/C6H9N2OPS/c9-6(1-4-11-10)8-3-2-7-5-8/h2-3,5H,1,4,10H2. The number of rotatable bonds is 3. The summed E-state index contributed by atoms with van der Waals surface area (Å²) in [5, 5.41) is 0. The third kappa shape index (κ3) is 2.64. The molecule has 0 saturated heterocycles. The van der Waals surface area contributed by atoms with Gasteiger partial charge in [-0.25, -0.2) is 4.98 Å². The third-order valence-corrected chi connectivity index (χ3v) is 2.37. The van der Waals surface area contributed by atoms with Crippen LogP contribution in [0.5, 0.6) is 0 Å². The topological polar surface area (TPSA) is 34.9 Å². The summed E-state index contributed by atoms with van der Waals surface area (Å²) < 4.78 is 1.50. The van der Waals surface area contributed by atoms with Crippen molar-refractivity contribution in [2.24, 2.45) is 0 Å². The van der Waals surface area contributed by atoms with E-state index in [9.17, 15) is 4.79 Å². The number of imidazole rings is 1. The van der Waals surface area contributed by atoms with E-state index in [2.05, 4.69) is 13.4 Å². The molecule has 1 atom stereocenters. The Morgan fingerprint density at radius 3 is 3.09 bits per heavy atom. The zero-order valence-electron chi connectivity index (χ0n) is 5.93. The van der Waals surface area contributed by atoms with Crippen molar-refractivity contribution in [3.8, 4) is 0 Å². The zero-order chi connectivity index (χ0) is 8.10. The summed E-state index contributed by atoms with van der Waals surface area (Å²) in [5.41, 5.74) is 0. The van der Waals surface area contributed by atoms with E-state index >= 15 is 0 Å². The average Bonchev–Trinajstić information content (AvgIpc) is 2.52. The predicted molar refractivity (Wildman–Crippen MR) is 49.6 cm³/mol. The molecule has 1 unspecified atom stereocenters. The minimum Gasteiger partial charge on any atom is -0.276 e. The van der Waals surface area contributed by atoms with Gasteiger partial charge in [0, 0.05) is 24.6 Å². The minimum atomic E-state index is 0.0949. The summed E-state index contributed by atoms with van der Waals surface area (Å²) in [7, 11) is 2.52. The molecule has 0 aromatic carbocycles. The highest BCUT2D eigenvalue weighted by Crippen LogP contribution is 2.11. The van der Waals surface area contributed by atoms with Gasteiger partial charge in [-0.3, -0.25) is 9.36 Å². The Morgan fingerprint density at radius 2 is 2.55 bits per heavy atom. The molecule has 1 aromatic heterocycles. The lowest BCUT2D eigenvalue weighted by molar-refractivity contribution is 0.0910. The van der Waals surface area contributed by atoms with Gasteiger partial charge in [-0.1, -0.05) is 8.44 Å².